The van der Waals surface area contributed by atoms with Crippen molar-refractivity contribution in [1.82, 2.24) is 20.4 Å². The van der Waals surface area contributed by atoms with Gasteiger partial charge in [0.15, 0.2) is 5.96 Å². The minimum atomic E-state index is 0.338. The fraction of sp³-hybridized carbons (Fsp3) is 0.522. The molecule has 3 rings (SSSR count). The maximum atomic E-state index is 4.38. The molecule has 1 saturated heterocycles. The lowest BCUT2D eigenvalue weighted by atomic mass is 10.1. The molecule has 0 spiro atoms. The maximum absolute atomic E-state index is 4.38. The SMILES string of the molecule is CN=C(NCc1ccc(CN2CCN(C)CC2)cc1)NC(C)Cc1ccc(C)s1. The number of thiophene rings is 1. The third kappa shape index (κ3) is 7.14. The highest BCUT2D eigenvalue weighted by atomic mass is 32.1. The summed E-state index contributed by atoms with van der Waals surface area (Å²) in [5.41, 5.74) is 2.66. The van der Waals surface area contributed by atoms with Crippen molar-refractivity contribution in [2.75, 3.05) is 40.3 Å². The van der Waals surface area contributed by atoms with Crippen LogP contribution in [0.5, 0.6) is 0 Å². The Bertz CT molecular complexity index is 775. The van der Waals surface area contributed by atoms with Crippen molar-refractivity contribution in [3.8, 4) is 0 Å². The van der Waals surface area contributed by atoms with E-state index in [0.29, 0.717) is 6.04 Å². The van der Waals surface area contributed by atoms with Gasteiger partial charge in [0.1, 0.15) is 0 Å². The number of likely N-dealkylation sites (N-methyl/N-ethyl adjacent to an activating group) is 1. The molecule has 0 saturated carbocycles. The molecule has 2 N–H and O–H groups in total. The van der Waals surface area contributed by atoms with Gasteiger partial charge in [0.2, 0.25) is 0 Å². The quantitative estimate of drug-likeness (QED) is 0.541. The minimum Gasteiger partial charge on any atom is -0.354 e. The van der Waals surface area contributed by atoms with Crippen LogP contribution in [0.25, 0.3) is 0 Å². The molecule has 1 atom stereocenters. The highest BCUT2D eigenvalue weighted by Crippen LogP contribution is 2.16. The van der Waals surface area contributed by atoms with Crippen LogP contribution < -0.4 is 10.6 Å². The maximum Gasteiger partial charge on any atom is 0.191 e. The molecule has 2 heterocycles. The lowest BCUT2D eigenvalue weighted by Gasteiger charge is -2.32. The molecule has 1 aliphatic rings. The normalized spacial score (nSPS) is 17.3. The number of piperazine rings is 1. The number of rotatable bonds is 7. The second-order valence-corrected chi connectivity index (χ2v) is 9.46. The van der Waals surface area contributed by atoms with Crippen molar-refractivity contribution in [3.63, 3.8) is 0 Å². The van der Waals surface area contributed by atoms with Crippen LogP contribution in [0, 0.1) is 6.92 Å². The zero-order valence-corrected chi connectivity index (χ0v) is 19.1. The van der Waals surface area contributed by atoms with Gasteiger partial charge in [0, 0.05) is 68.5 Å². The lowest BCUT2D eigenvalue weighted by molar-refractivity contribution is 0.148. The fourth-order valence-electron chi connectivity index (χ4n) is 3.59. The molecule has 0 radical (unpaired) electrons. The molecular weight excluding hydrogens is 378 g/mol. The average molecular weight is 414 g/mol. The van der Waals surface area contributed by atoms with E-state index in [1.54, 1.807) is 0 Å². The van der Waals surface area contributed by atoms with Gasteiger partial charge >= 0.3 is 0 Å². The molecule has 6 heteroatoms. The molecule has 1 unspecified atom stereocenters. The van der Waals surface area contributed by atoms with E-state index in [1.807, 2.05) is 18.4 Å². The topological polar surface area (TPSA) is 42.9 Å². The van der Waals surface area contributed by atoms with Crippen molar-refractivity contribution < 1.29 is 0 Å². The molecule has 1 aromatic carbocycles. The van der Waals surface area contributed by atoms with E-state index in [-0.39, 0.29) is 0 Å². The molecule has 5 nitrogen and oxygen atoms in total. The van der Waals surface area contributed by atoms with Crippen LogP contribution in [0.1, 0.15) is 27.8 Å². The second-order valence-electron chi connectivity index (χ2n) is 8.08. The van der Waals surface area contributed by atoms with Crippen molar-refractivity contribution in [1.29, 1.82) is 0 Å². The zero-order valence-electron chi connectivity index (χ0n) is 18.2. The largest absolute Gasteiger partial charge is 0.354 e. The fourth-order valence-corrected chi connectivity index (χ4v) is 4.61. The second kappa shape index (κ2) is 10.8. The van der Waals surface area contributed by atoms with Gasteiger partial charge in [-0.2, -0.15) is 0 Å². The van der Waals surface area contributed by atoms with E-state index in [1.165, 1.54) is 34.0 Å². The molecule has 0 bridgehead atoms. The molecule has 1 fully saturated rings. The van der Waals surface area contributed by atoms with Gasteiger partial charge in [-0.1, -0.05) is 24.3 Å². The number of benzene rings is 1. The Labute approximate surface area is 179 Å². The van der Waals surface area contributed by atoms with Gasteiger partial charge in [-0.3, -0.25) is 9.89 Å². The molecule has 29 heavy (non-hydrogen) atoms. The predicted octanol–water partition coefficient (Wildman–Crippen LogP) is 3.10. The van der Waals surface area contributed by atoms with Crippen molar-refractivity contribution in [2.24, 2.45) is 4.99 Å². The summed E-state index contributed by atoms with van der Waals surface area (Å²) >= 11 is 1.87. The summed E-state index contributed by atoms with van der Waals surface area (Å²) in [4.78, 5) is 12.1. The Kier molecular flexibility index (Phi) is 8.09. The van der Waals surface area contributed by atoms with Gasteiger partial charge in [0.25, 0.3) is 0 Å². The summed E-state index contributed by atoms with van der Waals surface area (Å²) < 4.78 is 0. The molecule has 158 valence electrons. The molecule has 0 aliphatic carbocycles. The molecular formula is C23H35N5S. The standard InChI is InChI=1S/C23H35N5S/c1-18(15-22-10-5-19(2)29-22)26-23(24-3)25-16-20-6-8-21(9-7-20)17-28-13-11-27(4)12-14-28/h5-10,18H,11-17H2,1-4H3,(H2,24,25,26). The number of guanidine groups is 1. The van der Waals surface area contributed by atoms with Crippen LogP contribution in [0.4, 0.5) is 0 Å². The van der Waals surface area contributed by atoms with Crippen molar-refractivity contribution >= 4 is 17.3 Å². The van der Waals surface area contributed by atoms with Crippen LogP contribution in [0.2, 0.25) is 0 Å². The van der Waals surface area contributed by atoms with Gasteiger partial charge < -0.3 is 15.5 Å². The van der Waals surface area contributed by atoms with Gasteiger partial charge in [0.05, 0.1) is 0 Å². The number of nitrogens with zero attached hydrogens (tertiary/aromatic N) is 3. The minimum absolute atomic E-state index is 0.338. The molecule has 1 aromatic heterocycles. The predicted molar refractivity (Wildman–Crippen MR) is 125 cm³/mol. The van der Waals surface area contributed by atoms with Crippen molar-refractivity contribution in [2.45, 2.75) is 39.4 Å². The van der Waals surface area contributed by atoms with Crippen LogP contribution in [-0.2, 0) is 19.5 Å². The zero-order chi connectivity index (χ0) is 20.6. The van der Waals surface area contributed by atoms with Crippen LogP contribution >= 0.6 is 11.3 Å². The number of hydrogen-bond donors (Lipinski definition) is 2. The summed E-state index contributed by atoms with van der Waals surface area (Å²) in [7, 11) is 4.03. The van der Waals surface area contributed by atoms with E-state index in [2.05, 4.69) is 82.7 Å². The van der Waals surface area contributed by atoms with E-state index >= 15 is 0 Å². The van der Waals surface area contributed by atoms with E-state index in [0.717, 1.165) is 38.6 Å². The molecule has 1 aliphatic heterocycles. The average Bonchev–Trinajstić information content (AvgIpc) is 3.12. The van der Waals surface area contributed by atoms with Gasteiger partial charge in [-0.05, 0) is 44.2 Å². The number of hydrogen-bond acceptors (Lipinski definition) is 4. The van der Waals surface area contributed by atoms with Crippen molar-refractivity contribution in [3.05, 3.63) is 57.3 Å². The first kappa shape index (κ1) is 21.8. The highest BCUT2D eigenvalue weighted by Gasteiger charge is 2.13. The summed E-state index contributed by atoms with van der Waals surface area (Å²) in [6.45, 7) is 10.8. The lowest BCUT2D eigenvalue weighted by Crippen LogP contribution is -2.43. The van der Waals surface area contributed by atoms with E-state index in [4.69, 9.17) is 0 Å². The van der Waals surface area contributed by atoms with Gasteiger partial charge in [-0.15, -0.1) is 11.3 Å². The smallest absolute Gasteiger partial charge is 0.191 e. The number of aliphatic imine (C=N–C) groups is 1. The summed E-state index contributed by atoms with van der Waals surface area (Å²) in [5.74, 6) is 0.854. The highest BCUT2D eigenvalue weighted by molar-refractivity contribution is 7.11. The molecule has 0 amide bonds. The summed E-state index contributed by atoms with van der Waals surface area (Å²) in [6.07, 6.45) is 1.01. The number of aryl methyl sites for hydroxylation is 1. The first-order valence-corrected chi connectivity index (χ1v) is 11.3. The van der Waals surface area contributed by atoms with Crippen LogP contribution in [0.15, 0.2) is 41.4 Å². The van der Waals surface area contributed by atoms with E-state index < -0.39 is 0 Å². The van der Waals surface area contributed by atoms with Crippen LogP contribution in [-0.4, -0.2) is 62.1 Å². The Hall–Kier alpha value is -1.89. The number of nitrogens with one attached hydrogen (secondary N) is 2. The Balaban J connectivity index is 1.43. The monoisotopic (exact) mass is 413 g/mol. The Morgan fingerprint density at radius 1 is 1.07 bits per heavy atom. The Morgan fingerprint density at radius 2 is 1.76 bits per heavy atom. The summed E-state index contributed by atoms with van der Waals surface area (Å²) in [5, 5.41) is 6.94. The van der Waals surface area contributed by atoms with Crippen LogP contribution in [0.3, 0.4) is 0 Å². The van der Waals surface area contributed by atoms with E-state index in [9.17, 15) is 0 Å². The Morgan fingerprint density at radius 3 is 2.38 bits per heavy atom. The first-order chi connectivity index (χ1) is 14.0. The summed E-state index contributed by atoms with van der Waals surface area (Å²) in [6, 6.07) is 13.7. The third-order valence-electron chi connectivity index (χ3n) is 5.40. The first-order valence-electron chi connectivity index (χ1n) is 10.5. The van der Waals surface area contributed by atoms with Gasteiger partial charge in [-0.25, -0.2) is 0 Å². The molecule has 2 aromatic rings. The third-order valence-corrected chi connectivity index (χ3v) is 6.42.